The van der Waals surface area contributed by atoms with E-state index in [4.69, 9.17) is 0 Å². The SMILES string of the molecule is O=CNc1ccccc1N1CCc2ccccc21. The predicted octanol–water partition coefficient (Wildman–Crippen LogP) is 2.95. The molecule has 3 heteroatoms. The van der Waals surface area contributed by atoms with E-state index in [1.807, 2.05) is 30.3 Å². The van der Waals surface area contributed by atoms with Crippen molar-refractivity contribution in [3.63, 3.8) is 0 Å². The molecule has 2 aromatic rings. The quantitative estimate of drug-likeness (QED) is 0.834. The van der Waals surface area contributed by atoms with Crippen LogP contribution in [0.3, 0.4) is 0 Å². The molecular formula is C15H14N2O. The average Bonchev–Trinajstić information content (AvgIpc) is 2.84. The smallest absolute Gasteiger partial charge is 0.211 e. The Morgan fingerprint density at radius 2 is 1.72 bits per heavy atom. The van der Waals surface area contributed by atoms with Gasteiger partial charge in [-0.15, -0.1) is 0 Å². The number of benzene rings is 2. The first-order valence-corrected chi connectivity index (χ1v) is 6.05. The van der Waals surface area contributed by atoms with Crippen LogP contribution in [-0.2, 0) is 11.2 Å². The molecule has 0 spiro atoms. The summed E-state index contributed by atoms with van der Waals surface area (Å²) in [7, 11) is 0. The van der Waals surface area contributed by atoms with Crippen molar-refractivity contribution in [2.24, 2.45) is 0 Å². The van der Waals surface area contributed by atoms with Crippen LogP contribution in [0.5, 0.6) is 0 Å². The van der Waals surface area contributed by atoms with Gasteiger partial charge in [-0.3, -0.25) is 4.79 Å². The van der Waals surface area contributed by atoms with Crippen molar-refractivity contribution in [1.29, 1.82) is 0 Å². The Kier molecular flexibility index (Phi) is 2.73. The number of fused-ring (bicyclic) bond motifs is 1. The van der Waals surface area contributed by atoms with Crippen LogP contribution >= 0.6 is 0 Å². The van der Waals surface area contributed by atoms with Crippen LogP contribution < -0.4 is 10.2 Å². The maximum Gasteiger partial charge on any atom is 0.211 e. The number of nitrogens with one attached hydrogen (secondary N) is 1. The molecule has 0 fully saturated rings. The highest BCUT2D eigenvalue weighted by Crippen LogP contribution is 2.37. The largest absolute Gasteiger partial charge is 0.339 e. The van der Waals surface area contributed by atoms with E-state index >= 15 is 0 Å². The van der Waals surface area contributed by atoms with Gasteiger partial charge in [0.1, 0.15) is 0 Å². The normalized spacial score (nSPS) is 13.2. The van der Waals surface area contributed by atoms with E-state index in [0.717, 1.165) is 30.8 Å². The second-order valence-electron chi connectivity index (χ2n) is 4.31. The lowest BCUT2D eigenvalue weighted by molar-refractivity contribution is -0.105. The number of hydrogen-bond acceptors (Lipinski definition) is 2. The molecule has 3 rings (SSSR count). The molecule has 90 valence electrons. The molecule has 1 aliphatic heterocycles. The zero-order chi connectivity index (χ0) is 12.4. The van der Waals surface area contributed by atoms with Gasteiger partial charge < -0.3 is 10.2 Å². The third-order valence-corrected chi connectivity index (χ3v) is 3.30. The molecule has 0 bridgehead atoms. The summed E-state index contributed by atoms with van der Waals surface area (Å²) in [6.07, 6.45) is 1.77. The van der Waals surface area contributed by atoms with E-state index in [2.05, 4.69) is 28.4 Å². The third kappa shape index (κ3) is 1.74. The van der Waals surface area contributed by atoms with Gasteiger partial charge in [0.15, 0.2) is 0 Å². The van der Waals surface area contributed by atoms with Gasteiger partial charge in [0.25, 0.3) is 0 Å². The first-order valence-electron chi connectivity index (χ1n) is 6.05. The Labute approximate surface area is 106 Å². The molecule has 0 aliphatic carbocycles. The van der Waals surface area contributed by atoms with Gasteiger partial charge in [-0.1, -0.05) is 30.3 Å². The number of para-hydroxylation sites is 3. The fraction of sp³-hybridized carbons (Fsp3) is 0.133. The van der Waals surface area contributed by atoms with E-state index in [-0.39, 0.29) is 0 Å². The number of amides is 1. The molecule has 0 radical (unpaired) electrons. The van der Waals surface area contributed by atoms with Crippen molar-refractivity contribution in [3.05, 3.63) is 54.1 Å². The number of rotatable bonds is 3. The Bertz CT molecular complexity index is 580. The van der Waals surface area contributed by atoms with Crippen molar-refractivity contribution in [3.8, 4) is 0 Å². The Balaban J connectivity index is 2.04. The molecule has 0 saturated carbocycles. The lowest BCUT2D eigenvalue weighted by Gasteiger charge is -2.22. The molecular weight excluding hydrogens is 224 g/mol. The van der Waals surface area contributed by atoms with Gasteiger partial charge in [-0.05, 0) is 30.2 Å². The van der Waals surface area contributed by atoms with Crippen LogP contribution in [0.4, 0.5) is 17.1 Å². The zero-order valence-electron chi connectivity index (χ0n) is 9.97. The summed E-state index contributed by atoms with van der Waals surface area (Å²) in [6.45, 7) is 0.955. The molecule has 0 aromatic heterocycles. The van der Waals surface area contributed by atoms with Crippen molar-refractivity contribution in [2.45, 2.75) is 6.42 Å². The molecule has 1 amide bonds. The highest BCUT2D eigenvalue weighted by Gasteiger charge is 2.21. The Hall–Kier alpha value is -2.29. The van der Waals surface area contributed by atoms with E-state index in [1.165, 1.54) is 11.3 Å². The second-order valence-corrected chi connectivity index (χ2v) is 4.31. The number of carbonyl (C=O) groups is 1. The van der Waals surface area contributed by atoms with Gasteiger partial charge in [-0.2, -0.15) is 0 Å². The lowest BCUT2D eigenvalue weighted by Crippen LogP contribution is -2.15. The molecule has 1 heterocycles. The lowest BCUT2D eigenvalue weighted by atomic mass is 10.2. The third-order valence-electron chi connectivity index (χ3n) is 3.30. The summed E-state index contributed by atoms with van der Waals surface area (Å²) in [5, 5.41) is 2.76. The second kappa shape index (κ2) is 4.53. The minimum absolute atomic E-state index is 0.723. The van der Waals surface area contributed by atoms with Crippen molar-refractivity contribution in [1.82, 2.24) is 0 Å². The van der Waals surface area contributed by atoms with Crippen LogP contribution in [0.1, 0.15) is 5.56 Å². The van der Waals surface area contributed by atoms with Gasteiger partial charge in [0, 0.05) is 12.2 Å². The van der Waals surface area contributed by atoms with Gasteiger partial charge in [0.2, 0.25) is 6.41 Å². The molecule has 1 aliphatic rings. The monoisotopic (exact) mass is 238 g/mol. The average molecular weight is 238 g/mol. The number of anilines is 3. The number of nitrogens with zero attached hydrogens (tertiary/aromatic N) is 1. The topological polar surface area (TPSA) is 32.3 Å². The van der Waals surface area contributed by atoms with Gasteiger partial charge in [0.05, 0.1) is 11.4 Å². The highest BCUT2D eigenvalue weighted by atomic mass is 16.1. The van der Waals surface area contributed by atoms with E-state index < -0.39 is 0 Å². The van der Waals surface area contributed by atoms with Crippen molar-refractivity contribution in [2.75, 3.05) is 16.8 Å². The van der Waals surface area contributed by atoms with Crippen LogP contribution in [0.15, 0.2) is 48.5 Å². The van der Waals surface area contributed by atoms with Gasteiger partial charge in [-0.25, -0.2) is 0 Å². The standard InChI is InChI=1S/C15H14N2O/c18-11-16-13-6-2-4-8-15(13)17-10-9-12-5-1-3-7-14(12)17/h1-8,11H,9-10H2,(H,16,18). The predicted molar refractivity (Wildman–Crippen MR) is 73.3 cm³/mol. The van der Waals surface area contributed by atoms with E-state index in [1.54, 1.807) is 0 Å². The van der Waals surface area contributed by atoms with Crippen LogP contribution in [-0.4, -0.2) is 13.0 Å². The fourth-order valence-electron chi connectivity index (χ4n) is 2.48. The minimum atomic E-state index is 0.723. The highest BCUT2D eigenvalue weighted by molar-refractivity contribution is 5.85. The number of carbonyl (C=O) groups excluding carboxylic acids is 1. The van der Waals surface area contributed by atoms with Gasteiger partial charge >= 0.3 is 0 Å². The van der Waals surface area contributed by atoms with Crippen molar-refractivity contribution < 1.29 is 4.79 Å². The molecule has 2 aromatic carbocycles. The Morgan fingerprint density at radius 1 is 1.00 bits per heavy atom. The fourth-order valence-corrected chi connectivity index (χ4v) is 2.48. The molecule has 1 N–H and O–H groups in total. The summed E-state index contributed by atoms with van der Waals surface area (Å²) < 4.78 is 0. The first-order chi connectivity index (χ1) is 8.90. The first kappa shape index (κ1) is 10.8. The minimum Gasteiger partial charge on any atom is -0.339 e. The molecule has 0 atom stereocenters. The zero-order valence-corrected chi connectivity index (χ0v) is 9.97. The summed E-state index contributed by atoms with van der Waals surface area (Å²) in [5.74, 6) is 0. The summed E-state index contributed by atoms with van der Waals surface area (Å²) in [6, 6.07) is 16.3. The molecule has 0 saturated heterocycles. The number of hydrogen-bond donors (Lipinski definition) is 1. The maximum absolute atomic E-state index is 10.7. The van der Waals surface area contributed by atoms with Crippen LogP contribution in [0.25, 0.3) is 0 Å². The molecule has 0 unspecified atom stereocenters. The summed E-state index contributed by atoms with van der Waals surface area (Å²) >= 11 is 0. The molecule has 3 nitrogen and oxygen atoms in total. The van der Waals surface area contributed by atoms with Crippen LogP contribution in [0.2, 0.25) is 0 Å². The summed E-state index contributed by atoms with van der Waals surface area (Å²) in [5.41, 5.74) is 4.50. The molecule has 18 heavy (non-hydrogen) atoms. The maximum atomic E-state index is 10.7. The van der Waals surface area contributed by atoms with E-state index in [0.29, 0.717) is 0 Å². The summed E-state index contributed by atoms with van der Waals surface area (Å²) in [4.78, 5) is 12.9. The van der Waals surface area contributed by atoms with Crippen molar-refractivity contribution >= 4 is 23.5 Å². The Morgan fingerprint density at radius 3 is 2.56 bits per heavy atom. The van der Waals surface area contributed by atoms with E-state index in [9.17, 15) is 4.79 Å². The van der Waals surface area contributed by atoms with Crippen LogP contribution in [0, 0.1) is 0 Å².